The van der Waals surface area contributed by atoms with Crippen LogP contribution in [0.5, 0.6) is 0 Å². The van der Waals surface area contributed by atoms with Crippen LogP contribution < -0.4 is 10.6 Å². The highest BCUT2D eigenvalue weighted by molar-refractivity contribution is 6.13. The number of carboxylic acids is 1. The molecule has 0 aromatic rings. The summed E-state index contributed by atoms with van der Waals surface area (Å²) in [6, 6.07) is 0. The van der Waals surface area contributed by atoms with Gasteiger partial charge in [-0.05, 0) is 79.1 Å². The van der Waals surface area contributed by atoms with Crippen molar-refractivity contribution in [3.8, 4) is 0 Å². The Morgan fingerprint density at radius 3 is 1.76 bits per heavy atom. The largest absolute Gasteiger partial charge is 0.481 e. The number of amides is 4. The topological polar surface area (TPSA) is 151 Å². The fourth-order valence-electron chi connectivity index (χ4n) is 5.32. The second-order valence-electron chi connectivity index (χ2n) is 14.2. The van der Waals surface area contributed by atoms with Crippen molar-refractivity contribution in [1.29, 1.82) is 0 Å². The molecule has 1 aliphatic heterocycles. The summed E-state index contributed by atoms with van der Waals surface area (Å²) in [5.41, 5.74) is -0.891. The van der Waals surface area contributed by atoms with Crippen molar-refractivity contribution in [3.63, 3.8) is 0 Å². The van der Waals surface area contributed by atoms with Gasteiger partial charge in [0.1, 0.15) is 0 Å². The van der Waals surface area contributed by atoms with E-state index in [1.165, 1.54) is 50.7 Å². The van der Waals surface area contributed by atoms with Crippen molar-refractivity contribution in [2.24, 2.45) is 0 Å². The highest BCUT2D eigenvalue weighted by Crippen LogP contribution is 2.21. The van der Waals surface area contributed by atoms with Crippen LogP contribution in [0.25, 0.3) is 0 Å². The Bertz CT molecular complexity index is 1040. The first-order valence-corrected chi connectivity index (χ1v) is 18.5. The van der Waals surface area contributed by atoms with E-state index in [2.05, 4.69) is 22.8 Å². The van der Waals surface area contributed by atoms with Crippen molar-refractivity contribution >= 4 is 29.6 Å². The summed E-state index contributed by atoms with van der Waals surface area (Å²) in [5, 5.41) is 14.4. The minimum Gasteiger partial charge on any atom is -0.481 e. The fraction of sp³-hybridized carbons (Fsp3) is 0.763. The predicted molar refractivity (Wildman–Crippen MR) is 192 cm³/mol. The van der Waals surface area contributed by atoms with Crippen molar-refractivity contribution in [3.05, 3.63) is 24.3 Å². The van der Waals surface area contributed by atoms with E-state index in [9.17, 15) is 24.0 Å². The van der Waals surface area contributed by atoms with Gasteiger partial charge in [0.05, 0.1) is 24.4 Å². The average Bonchev–Trinajstić information content (AvgIpc) is 3.36. The molecule has 1 heterocycles. The molecule has 49 heavy (non-hydrogen) atoms. The molecule has 3 N–H and O–H groups in total. The number of nitrogens with zero attached hydrogens (tertiary/aromatic N) is 1. The van der Waals surface area contributed by atoms with Crippen molar-refractivity contribution < 1.29 is 38.6 Å². The van der Waals surface area contributed by atoms with Gasteiger partial charge in [-0.3, -0.25) is 28.9 Å². The number of unbranched alkanes of at least 4 members (excludes halogenated alkanes) is 11. The number of nitrogens with one attached hydrogen (secondary N) is 2. The first kappa shape index (κ1) is 44.0. The van der Waals surface area contributed by atoms with E-state index in [4.69, 9.17) is 14.6 Å². The van der Waals surface area contributed by atoms with E-state index in [1.807, 2.05) is 27.7 Å². The lowest BCUT2D eigenvalue weighted by Gasteiger charge is -2.29. The number of aliphatic carboxylic acids is 1. The van der Waals surface area contributed by atoms with Crippen LogP contribution in [0.3, 0.4) is 0 Å². The highest BCUT2D eigenvalue weighted by Gasteiger charge is 2.25. The van der Waals surface area contributed by atoms with Crippen LogP contribution in [0.2, 0.25) is 0 Å². The lowest BCUT2D eigenvalue weighted by Crippen LogP contribution is -2.37. The van der Waals surface area contributed by atoms with Gasteiger partial charge in [-0.15, -0.1) is 0 Å². The minimum absolute atomic E-state index is 0.0486. The van der Waals surface area contributed by atoms with Gasteiger partial charge in [-0.2, -0.15) is 0 Å². The summed E-state index contributed by atoms with van der Waals surface area (Å²) >= 11 is 0. The zero-order valence-electron chi connectivity index (χ0n) is 30.8. The Morgan fingerprint density at radius 1 is 0.653 bits per heavy atom. The zero-order valence-corrected chi connectivity index (χ0v) is 30.8. The van der Waals surface area contributed by atoms with Gasteiger partial charge < -0.3 is 25.2 Å². The molecular formula is C38H65N3O8. The van der Waals surface area contributed by atoms with Crippen LogP contribution in [-0.4, -0.2) is 83.7 Å². The van der Waals surface area contributed by atoms with Gasteiger partial charge in [0.15, 0.2) is 0 Å². The molecule has 1 aliphatic rings. The molecule has 11 nitrogen and oxygen atoms in total. The van der Waals surface area contributed by atoms with Crippen LogP contribution >= 0.6 is 0 Å². The van der Waals surface area contributed by atoms with Crippen LogP contribution in [0.4, 0.5) is 0 Å². The number of carboxylic acid groups (broad SMARTS) is 1. The molecule has 0 atom stereocenters. The van der Waals surface area contributed by atoms with Gasteiger partial charge in [0.25, 0.3) is 11.8 Å². The molecule has 0 spiro atoms. The van der Waals surface area contributed by atoms with E-state index in [-0.39, 0.29) is 24.8 Å². The van der Waals surface area contributed by atoms with E-state index >= 15 is 0 Å². The molecule has 280 valence electrons. The number of imide groups is 1. The summed E-state index contributed by atoms with van der Waals surface area (Å²) in [6.45, 7) is 9.83. The second-order valence-corrected chi connectivity index (χ2v) is 14.2. The molecule has 0 saturated heterocycles. The Kier molecular flexibility index (Phi) is 23.2. The number of hydrogen-bond acceptors (Lipinski definition) is 7. The maximum Gasteiger partial charge on any atom is 0.303 e. The van der Waals surface area contributed by atoms with E-state index in [1.54, 1.807) is 0 Å². The van der Waals surface area contributed by atoms with Crippen LogP contribution in [-0.2, 0) is 33.4 Å². The molecule has 0 bridgehead atoms. The van der Waals surface area contributed by atoms with Crippen LogP contribution in [0.15, 0.2) is 24.3 Å². The number of carbonyl (C=O) groups excluding carboxylic acids is 4. The molecule has 0 unspecified atom stereocenters. The first-order valence-electron chi connectivity index (χ1n) is 18.5. The Labute approximate surface area is 295 Å². The summed E-state index contributed by atoms with van der Waals surface area (Å²) in [5.74, 6) is -1.68. The normalized spacial score (nSPS) is 13.5. The third-order valence-corrected chi connectivity index (χ3v) is 8.58. The predicted octanol–water partition coefficient (Wildman–Crippen LogP) is 6.40. The number of allylic oxidation sites excluding steroid dienone is 2. The monoisotopic (exact) mass is 691 g/mol. The maximum absolute atomic E-state index is 12.4. The first-order chi connectivity index (χ1) is 23.3. The summed E-state index contributed by atoms with van der Waals surface area (Å²) < 4.78 is 12.0. The zero-order chi connectivity index (χ0) is 36.4. The molecule has 0 aromatic carbocycles. The lowest BCUT2D eigenvalue weighted by molar-refractivity contribution is -0.138. The van der Waals surface area contributed by atoms with Crippen molar-refractivity contribution in [1.82, 2.24) is 15.5 Å². The fourth-order valence-corrected chi connectivity index (χ4v) is 5.32. The third-order valence-electron chi connectivity index (χ3n) is 8.58. The van der Waals surface area contributed by atoms with Crippen LogP contribution in [0, 0.1) is 0 Å². The highest BCUT2D eigenvalue weighted by atomic mass is 16.5. The molecular weight excluding hydrogens is 626 g/mol. The number of carbonyl (C=O) groups is 5. The SMILES string of the molecule is CC(C)(CCOC(C)(C)CCC(=O)NCCCCCCCC/C=C\CCCCCCCC(=O)O)OCCNC(=O)CCN1C(=O)C=CC1=O. The van der Waals surface area contributed by atoms with Gasteiger partial charge in [0, 0.05) is 51.0 Å². The number of rotatable bonds is 31. The molecule has 0 fully saturated rings. The standard InChI is InChI=1S/C38H65N3O8/c1-37(2,48-30-26-38(3,4)49-31-28-40-33(43)24-29-41-34(44)21-22-35(41)45)25-23-32(42)39-27-19-17-15-13-11-9-7-5-6-8-10-12-14-16-18-20-36(46)47/h5-6,21-22H,7-20,23-31H2,1-4H3,(H,39,42)(H,40,43)(H,46,47)/b6-5-. The van der Waals surface area contributed by atoms with Crippen LogP contribution in [0.1, 0.15) is 143 Å². The van der Waals surface area contributed by atoms with Gasteiger partial charge >= 0.3 is 5.97 Å². The Balaban J connectivity index is 1.97. The molecule has 4 amide bonds. The third kappa shape index (κ3) is 24.7. The van der Waals surface area contributed by atoms with Crippen molar-refractivity contribution in [2.45, 2.75) is 154 Å². The smallest absolute Gasteiger partial charge is 0.303 e. The quantitative estimate of drug-likeness (QED) is 0.0430. The summed E-state index contributed by atoms with van der Waals surface area (Å²) in [6.07, 6.45) is 23.6. The van der Waals surface area contributed by atoms with Crippen molar-refractivity contribution in [2.75, 3.05) is 32.8 Å². The maximum atomic E-state index is 12.4. The number of hydrogen-bond donors (Lipinski definition) is 3. The summed E-state index contributed by atoms with van der Waals surface area (Å²) in [4.78, 5) is 59.0. The second kappa shape index (κ2) is 25.9. The molecule has 0 saturated carbocycles. The number of ether oxygens (including phenoxy) is 2. The summed E-state index contributed by atoms with van der Waals surface area (Å²) in [7, 11) is 0. The van der Waals surface area contributed by atoms with E-state index < -0.39 is 29.0 Å². The molecule has 0 aromatic heterocycles. The van der Waals surface area contributed by atoms with Gasteiger partial charge in [-0.25, -0.2) is 0 Å². The van der Waals surface area contributed by atoms with E-state index in [0.29, 0.717) is 52.0 Å². The van der Waals surface area contributed by atoms with Gasteiger partial charge in [-0.1, -0.05) is 57.1 Å². The van der Waals surface area contributed by atoms with E-state index in [0.717, 1.165) is 49.8 Å². The Hall–Kier alpha value is -3.05. The molecule has 1 rings (SSSR count). The average molecular weight is 692 g/mol. The minimum atomic E-state index is -0.696. The lowest BCUT2D eigenvalue weighted by atomic mass is 10.0. The molecule has 11 heteroatoms. The molecule has 0 aliphatic carbocycles. The Morgan fingerprint density at radius 2 is 1.14 bits per heavy atom. The van der Waals surface area contributed by atoms with Gasteiger partial charge in [0.2, 0.25) is 11.8 Å². The molecule has 0 radical (unpaired) electrons.